The number of methoxy groups -OCH3 is 2. The van der Waals surface area contributed by atoms with Gasteiger partial charge in [-0.15, -0.1) is 0 Å². The van der Waals surface area contributed by atoms with Gasteiger partial charge in [0, 0.05) is 12.1 Å². The molecule has 1 amide bonds. The predicted molar refractivity (Wildman–Crippen MR) is 105 cm³/mol. The molecule has 0 unspecified atom stereocenters. The third kappa shape index (κ3) is 8.37. The van der Waals surface area contributed by atoms with E-state index in [1.807, 2.05) is 12.2 Å². The molecule has 0 aromatic heterocycles. The van der Waals surface area contributed by atoms with Gasteiger partial charge >= 0.3 is 12.1 Å². The number of ether oxygens (including phenoxy) is 2. The van der Waals surface area contributed by atoms with Gasteiger partial charge < -0.3 is 19.7 Å². The van der Waals surface area contributed by atoms with Gasteiger partial charge in [-0.2, -0.15) is 13.2 Å². The van der Waals surface area contributed by atoms with Crippen LogP contribution < -0.4 is 14.8 Å². The van der Waals surface area contributed by atoms with E-state index in [0.717, 1.165) is 11.1 Å². The third-order valence-corrected chi connectivity index (χ3v) is 4.38. The first-order chi connectivity index (χ1) is 13.2. The van der Waals surface area contributed by atoms with Gasteiger partial charge in [0.05, 0.1) is 14.2 Å². The summed E-state index contributed by atoms with van der Waals surface area (Å²) in [6, 6.07) is 3.46. The topological polar surface area (TPSA) is 50.8 Å². The molecule has 0 aliphatic rings. The number of benzene rings is 1. The summed E-state index contributed by atoms with van der Waals surface area (Å²) in [4.78, 5) is 13.1. The van der Waals surface area contributed by atoms with E-state index in [0.29, 0.717) is 17.9 Å². The standard InChI is InChI=1S/C14H18F3NO3.C6H15N/c1-4-10-9(5-6-11(20-2)12(10)21-3)7-8-18-13(19)14(15,16)17;1-4-7(5-2)6-3/h5-6H,4,7-8H2,1-3H3,(H,18,19);4-6H2,1-3H3. The van der Waals surface area contributed by atoms with Crippen LogP contribution in [0.3, 0.4) is 0 Å². The first-order valence-corrected chi connectivity index (χ1v) is 9.49. The number of alkyl halides is 3. The Hall–Kier alpha value is -1.96. The van der Waals surface area contributed by atoms with Crippen molar-refractivity contribution in [2.45, 2.75) is 46.7 Å². The Balaban J connectivity index is 0.000000887. The predicted octanol–water partition coefficient (Wildman–Crippen LogP) is 3.84. The highest BCUT2D eigenvalue weighted by molar-refractivity contribution is 5.81. The average molecular weight is 406 g/mol. The summed E-state index contributed by atoms with van der Waals surface area (Å²) in [5.41, 5.74) is 1.68. The van der Waals surface area contributed by atoms with Crippen LogP contribution in [0.4, 0.5) is 13.2 Å². The molecule has 0 aliphatic heterocycles. The molecule has 0 saturated carbocycles. The maximum atomic E-state index is 12.1. The first-order valence-electron chi connectivity index (χ1n) is 9.49. The fourth-order valence-electron chi connectivity index (χ4n) is 2.74. The second-order valence-corrected chi connectivity index (χ2v) is 5.92. The van der Waals surface area contributed by atoms with Crippen LogP contribution in [0, 0.1) is 0 Å². The summed E-state index contributed by atoms with van der Waals surface area (Å²) < 4.78 is 46.7. The lowest BCUT2D eigenvalue weighted by molar-refractivity contribution is -0.173. The minimum atomic E-state index is -4.86. The zero-order chi connectivity index (χ0) is 21.7. The highest BCUT2D eigenvalue weighted by Gasteiger charge is 2.38. The van der Waals surface area contributed by atoms with Gasteiger partial charge in [0.25, 0.3) is 0 Å². The Morgan fingerprint density at radius 3 is 1.96 bits per heavy atom. The zero-order valence-corrected chi connectivity index (χ0v) is 17.7. The van der Waals surface area contributed by atoms with E-state index in [9.17, 15) is 18.0 Å². The number of halogens is 3. The summed E-state index contributed by atoms with van der Waals surface area (Å²) in [7, 11) is 3.02. The molecule has 28 heavy (non-hydrogen) atoms. The maximum absolute atomic E-state index is 12.1. The second-order valence-electron chi connectivity index (χ2n) is 5.92. The van der Waals surface area contributed by atoms with Crippen LogP contribution in [0.5, 0.6) is 11.5 Å². The van der Waals surface area contributed by atoms with Crippen molar-refractivity contribution in [3.8, 4) is 11.5 Å². The summed E-state index contributed by atoms with van der Waals surface area (Å²) in [6.45, 7) is 11.9. The highest BCUT2D eigenvalue weighted by atomic mass is 19.4. The van der Waals surface area contributed by atoms with E-state index in [4.69, 9.17) is 9.47 Å². The molecule has 1 N–H and O–H groups in total. The Labute approximate surface area is 166 Å². The minimum absolute atomic E-state index is 0.0964. The Morgan fingerprint density at radius 1 is 1.04 bits per heavy atom. The number of amides is 1. The largest absolute Gasteiger partial charge is 0.493 e. The van der Waals surface area contributed by atoms with Gasteiger partial charge in [0.2, 0.25) is 0 Å². The average Bonchev–Trinajstić information content (AvgIpc) is 2.68. The van der Waals surface area contributed by atoms with Crippen LogP contribution in [-0.4, -0.2) is 57.4 Å². The van der Waals surface area contributed by atoms with Crippen molar-refractivity contribution in [2.75, 3.05) is 40.4 Å². The van der Waals surface area contributed by atoms with E-state index in [2.05, 4.69) is 25.7 Å². The SMILES string of the molecule is CCN(CC)CC.CCc1c(CCNC(=O)C(F)(F)F)ccc(OC)c1OC. The minimum Gasteiger partial charge on any atom is -0.493 e. The van der Waals surface area contributed by atoms with E-state index < -0.39 is 12.1 Å². The lowest BCUT2D eigenvalue weighted by Gasteiger charge is -2.16. The van der Waals surface area contributed by atoms with Crippen molar-refractivity contribution in [3.63, 3.8) is 0 Å². The highest BCUT2D eigenvalue weighted by Crippen LogP contribution is 2.34. The van der Waals surface area contributed by atoms with Crippen LogP contribution >= 0.6 is 0 Å². The second kappa shape index (κ2) is 13.3. The number of hydrogen-bond donors (Lipinski definition) is 1. The van der Waals surface area contributed by atoms with E-state index >= 15 is 0 Å². The van der Waals surface area contributed by atoms with Crippen molar-refractivity contribution in [2.24, 2.45) is 0 Å². The van der Waals surface area contributed by atoms with E-state index in [1.54, 1.807) is 12.1 Å². The van der Waals surface area contributed by atoms with Crippen molar-refractivity contribution in [1.82, 2.24) is 10.2 Å². The third-order valence-electron chi connectivity index (χ3n) is 4.38. The zero-order valence-electron chi connectivity index (χ0n) is 17.7. The number of nitrogens with one attached hydrogen (secondary N) is 1. The smallest absolute Gasteiger partial charge is 0.471 e. The molecule has 0 aliphatic carbocycles. The normalized spacial score (nSPS) is 10.9. The van der Waals surface area contributed by atoms with E-state index in [1.165, 1.54) is 33.9 Å². The van der Waals surface area contributed by atoms with Gasteiger partial charge in [0.15, 0.2) is 11.5 Å². The molecule has 1 aromatic rings. The van der Waals surface area contributed by atoms with Crippen LogP contribution in [0.2, 0.25) is 0 Å². The maximum Gasteiger partial charge on any atom is 0.471 e. The molecule has 0 saturated heterocycles. The number of hydrogen-bond acceptors (Lipinski definition) is 4. The van der Waals surface area contributed by atoms with Crippen LogP contribution in [0.1, 0.15) is 38.8 Å². The number of nitrogens with zero attached hydrogens (tertiary/aromatic N) is 1. The number of carbonyl (C=O) groups excluding carboxylic acids is 1. The van der Waals surface area contributed by atoms with Gasteiger partial charge in [-0.25, -0.2) is 0 Å². The van der Waals surface area contributed by atoms with E-state index in [-0.39, 0.29) is 13.0 Å². The lowest BCUT2D eigenvalue weighted by atomic mass is 10.0. The Morgan fingerprint density at radius 2 is 1.61 bits per heavy atom. The van der Waals surface area contributed by atoms with Gasteiger partial charge in [-0.1, -0.05) is 33.8 Å². The molecule has 0 bridgehead atoms. The summed E-state index contributed by atoms with van der Waals surface area (Å²) in [5, 5.41) is 1.85. The molecular weight excluding hydrogens is 373 g/mol. The molecule has 0 atom stereocenters. The van der Waals surface area contributed by atoms with Gasteiger partial charge in [0.1, 0.15) is 0 Å². The van der Waals surface area contributed by atoms with Crippen molar-refractivity contribution >= 4 is 5.91 Å². The molecule has 1 aromatic carbocycles. The van der Waals surface area contributed by atoms with Crippen LogP contribution in [0.25, 0.3) is 0 Å². The fraction of sp³-hybridized carbons (Fsp3) is 0.650. The molecule has 8 heteroatoms. The van der Waals surface area contributed by atoms with Crippen molar-refractivity contribution in [1.29, 1.82) is 0 Å². The Kier molecular flexibility index (Phi) is 12.3. The number of carbonyl (C=O) groups is 1. The number of rotatable bonds is 9. The monoisotopic (exact) mass is 406 g/mol. The molecule has 0 radical (unpaired) electrons. The van der Waals surface area contributed by atoms with Gasteiger partial charge in [-0.3, -0.25) is 4.79 Å². The molecule has 0 spiro atoms. The van der Waals surface area contributed by atoms with Crippen molar-refractivity contribution in [3.05, 3.63) is 23.3 Å². The lowest BCUT2D eigenvalue weighted by Crippen LogP contribution is -2.37. The molecule has 0 fully saturated rings. The summed E-state index contributed by atoms with van der Waals surface area (Å²) in [5.74, 6) is -0.793. The fourth-order valence-corrected chi connectivity index (χ4v) is 2.74. The quantitative estimate of drug-likeness (QED) is 0.677. The van der Waals surface area contributed by atoms with Gasteiger partial charge in [-0.05, 0) is 44.1 Å². The molecular formula is C20H33F3N2O3. The summed E-state index contributed by atoms with van der Waals surface area (Å²) >= 11 is 0. The van der Waals surface area contributed by atoms with Crippen LogP contribution in [-0.2, 0) is 17.6 Å². The van der Waals surface area contributed by atoms with Crippen molar-refractivity contribution < 1.29 is 27.4 Å². The molecule has 1 rings (SSSR count). The first kappa shape index (κ1) is 26.0. The molecule has 5 nitrogen and oxygen atoms in total. The molecule has 162 valence electrons. The van der Waals surface area contributed by atoms with Crippen LogP contribution in [0.15, 0.2) is 12.1 Å². The summed E-state index contributed by atoms with van der Waals surface area (Å²) in [6.07, 6.45) is -3.93. The Bertz CT molecular complexity index is 583. The molecule has 0 heterocycles.